The second kappa shape index (κ2) is 11.4. The number of anilines is 1. The number of amides is 1. The SMILES string of the molecule is O=C1[C@@H](O)CCCc2c(Cl)cc3[nH]ncc3c2-c2ncc3c(nc(OC[C@@]45CCCN4C[C@H](F)C5)nc3c2F)N2CC[C@H]3CCN1[C@H]3C2. The highest BCUT2D eigenvalue weighted by Crippen LogP contribution is 2.43. The van der Waals surface area contributed by atoms with Gasteiger partial charge in [0, 0.05) is 54.8 Å². The zero-order valence-electron chi connectivity index (χ0n) is 26.5. The molecule has 10 rings (SSSR count). The molecule has 4 fully saturated rings. The largest absolute Gasteiger partial charge is 0.461 e. The van der Waals surface area contributed by atoms with Crippen LogP contribution in [0.2, 0.25) is 5.02 Å². The van der Waals surface area contributed by atoms with Crippen LogP contribution in [0.3, 0.4) is 0 Å². The van der Waals surface area contributed by atoms with Gasteiger partial charge in [0.25, 0.3) is 5.91 Å². The van der Waals surface area contributed by atoms with Crippen LogP contribution in [0.15, 0.2) is 18.5 Å². The minimum atomic E-state index is -1.15. The van der Waals surface area contributed by atoms with Crippen LogP contribution in [0.1, 0.15) is 50.5 Å². The number of hydrogen-bond acceptors (Lipinski definition) is 9. The Bertz CT molecular complexity index is 1940. The Morgan fingerprint density at radius 2 is 1.98 bits per heavy atom. The van der Waals surface area contributed by atoms with E-state index in [1.54, 1.807) is 18.5 Å². The van der Waals surface area contributed by atoms with Crippen LogP contribution in [-0.2, 0) is 11.2 Å². The minimum absolute atomic E-state index is 0.0230. The van der Waals surface area contributed by atoms with Gasteiger partial charge in [-0.2, -0.15) is 15.1 Å². The van der Waals surface area contributed by atoms with Gasteiger partial charge in [-0.25, -0.2) is 8.78 Å². The highest BCUT2D eigenvalue weighted by atomic mass is 35.5. The fourth-order valence-electron chi connectivity index (χ4n) is 9.16. The number of piperidine rings is 1. The predicted octanol–water partition coefficient (Wildman–Crippen LogP) is 4.44. The zero-order chi connectivity index (χ0) is 32.7. The van der Waals surface area contributed by atoms with Gasteiger partial charge >= 0.3 is 6.01 Å². The maximum absolute atomic E-state index is 17.1. The molecule has 2 N–H and O–H groups in total. The maximum atomic E-state index is 17.1. The quantitative estimate of drug-likeness (QED) is 0.324. The number of carbonyl (C=O) groups is 1. The molecule has 0 radical (unpaired) electrons. The van der Waals surface area contributed by atoms with Gasteiger partial charge in [0.05, 0.1) is 28.7 Å². The molecule has 0 unspecified atom stereocenters. The lowest BCUT2D eigenvalue weighted by molar-refractivity contribution is -0.141. The van der Waals surface area contributed by atoms with Crippen molar-refractivity contribution in [3.63, 3.8) is 0 Å². The maximum Gasteiger partial charge on any atom is 0.319 e. The summed E-state index contributed by atoms with van der Waals surface area (Å²) in [6, 6.07) is 1.66. The van der Waals surface area contributed by atoms with Crippen molar-refractivity contribution in [2.45, 2.75) is 75.2 Å². The van der Waals surface area contributed by atoms with Crippen molar-refractivity contribution >= 4 is 45.1 Å². The molecule has 6 aliphatic rings. The molecule has 0 saturated carbocycles. The summed E-state index contributed by atoms with van der Waals surface area (Å²) in [4.78, 5) is 33.9. The fraction of sp³-hybridized carbons (Fsp3) is 0.559. The van der Waals surface area contributed by atoms with Crippen molar-refractivity contribution in [1.29, 1.82) is 0 Å². The number of H-pyrrole nitrogens is 1. The molecule has 252 valence electrons. The van der Waals surface area contributed by atoms with Crippen LogP contribution in [0.25, 0.3) is 33.1 Å². The van der Waals surface area contributed by atoms with Gasteiger partial charge in [0.15, 0.2) is 5.82 Å². The summed E-state index contributed by atoms with van der Waals surface area (Å²) in [5.74, 6) is -0.108. The summed E-state index contributed by atoms with van der Waals surface area (Å²) in [6.07, 6.45) is 6.12. The van der Waals surface area contributed by atoms with Gasteiger partial charge in [0.2, 0.25) is 0 Å². The smallest absolute Gasteiger partial charge is 0.319 e. The van der Waals surface area contributed by atoms with Crippen LogP contribution >= 0.6 is 11.6 Å². The third-order valence-corrected chi connectivity index (χ3v) is 11.9. The number of nitrogens with one attached hydrogen (secondary N) is 1. The molecule has 4 aromatic rings. The molecule has 3 aromatic heterocycles. The minimum Gasteiger partial charge on any atom is -0.461 e. The second-order valence-electron chi connectivity index (χ2n) is 14.2. The molecule has 9 heterocycles. The number of hydrogen-bond donors (Lipinski definition) is 2. The lowest BCUT2D eigenvalue weighted by Gasteiger charge is -2.40. The number of benzene rings is 1. The van der Waals surface area contributed by atoms with E-state index >= 15 is 4.39 Å². The molecule has 6 aliphatic heterocycles. The molecule has 6 bridgehead atoms. The Morgan fingerprint density at radius 1 is 1.10 bits per heavy atom. The van der Waals surface area contributed by atoms with Crippen molar-refractivity contribution in [3.05, 3.63) is 34.9 Å². The standard InChI is InChI=1S/C34H37ClF2N8O3/c35-23-11-24-21(14-39-42-24)27-20(23)3-1-4-26(46)32(47)45-10-6-18-5-9-43(16-25(18)45)31-22-13-38-30(27)28(37)29(22)40-33(41-31)48-17-34-7-2-8-44(34)15-19(36)12-34/h11,13-14,18-19,25-26,46H,1-10,12,15-17H2,(H,39,42)/t18-,19+,25-,26-,34-/m0/s1. The first-order valence-corrected chi connectivity index (χ1v) is 17.4. The summed E-state index contributed by atoms with van der Waals surface area (Å²) in [7, 11) is 0. The Labute approximate surface area is 280 Å². The Morgan fingerprint density at radius 3 is 2.88 bits per heavy atom. The number of ether oxygens (including phenoxy) is 1. The molecular formula is C34H37ClF2N8O3. The topological polar surface area (TPSA) is 124 Å². The first-order valence-electron chi connectivity index (χ1n) is 17.1. The van der Waals surface area contributed by atoms with Gasteiger partial charge < -0.3 is 19.6 Å². The van der Waals surface area contributed by atoms with E-state index in [0.717, 1.165) is 32.2 Å². The molecule has 11 nitrogen and oxygen atoms in total. The Balaban J connectivity index is 1.22. The summed E-state index contributed by atoms with van der Waals surface area (Å²) in [5, 5.41) is 19.7. The van der Waals surface area contributed by atoms with E-state index in [2.05, 4.69) is 25.0 Å². The lowest BCUT2D eigenvalue weighted by atomic mass is 9.91. The normalized spacial score (nSPS) is 29.0. The number of carbonyl (C=O) groups excluding carboxylic acids is 1. The summed E-state index contributed by atoms with van der Waals surface area (Å²) < 4.78 is 38.0. The van der Waals surface area contributed by atoms with E-state index in [-0.39, 0.29) is 42.2 Å². The van der Waals surface area contributed by atoms with Gasteiger partial charge in [-0.3, -0.25) is 19.8 Å². The number of halogens is 3. The van der Waals surface area contributed by atoms with E-state index < -0.39 is 23.6 Å². The number of fused-ring (bicyclic) bond motifs is 7. The van der Waals surface area contributed by atoms with E-state index in [1.807, 2.05) is 4.90 Å². The Hall–Kier alpha value is -3.68. The number of aromatic nitrogens is 5. The van der Waals surface area contributed by atoms with Gasteiger partial charge in [0.1, 0.15) is 35.9 Å². The molecule has 4 saturated heterocycles. The number of nitrogens with zero attached hydrogens (tertiary/aromatic N) is 7. The van der Waals surface area contributed by atoms with Crippen molar-refractivity contribution < 1.29 is 23.4 Å². The number of rotatable bonds is 3. The fourth-order valence-corrected chi connectivity index (χ4v) is 9.46. The van der Waals surface area contributed by atoms with Gasteiger partial charge in [-0.1, -0.05) is 11.6 Å². The van der Waals surface area contributed by atoms with Crippen molar-refractivity contribution in [1.82, 2.24) is 34.9 Å². The van der Waals surface area contributed by atoms with E-state index in [9.17, 15) is 14.3 Å². The molecule has 1 amide bonds. The molecule has 0 aliphatic carbocycles. The van der Waals surface area contributed by atoms with Crippen molar-refractivity contribution in [2.75, 3.05) is 44.2 Å². The predicted molar refractivity (Wildman–Crippen MR) is 175 cm³/mol. The highest BCUT2D eigenvalue weighted by molar-refractivity contribution is 6.33. The number of pyridine rings is 1. The van der Waals surface area contributed by atoms with Crippen LogP contribution < -0.4 is 9.64 Å². The molecule has 0 spiro atoms. The Kier molecular flexibility index (Phi) is 7.25. The summed E-state index contributed by atoms with van der Waals surface area (Å²) in [6.45, 7) is 3.13. The van der Waals surface area contributed by atoms with Crippen molar-refractivity contribution in [2.24, 2.45) is 5.92 Å². The van der Waals surface area contributed by atoms with E-state index in [1.165, 1.54) is 0 Å². The van der Waals surface area contributed by atoms with Gasteiger partial charge in [-0.05, 0) is 69.0 Å². The molecule has 1 aromatic carbocycles. The number of alkyl halides is 1. The monoisotopic (exact) mass is 678 g/mol. The number of aromatic amines is 1. The van der Waals surface area contributed by atoms with Crippen LogP contribution in [0.4, 0.5) is 14.6 Å². The molecule has 48 heavy (non-hydrogen) atoms. The van der Waals surface area contributed by atoms with E-state index in [0.29, 0.717) is 89.6 Å². The number of aliphatic hydroxyl groups is 1. The average Bonchev–Trinajstić information content (AvgIpc) is 3.86. The summed E-state index contributed by atoms with van der Waals surface area (Å²) in [5.41, 5.74) is 1.48. The second-order valence-corrected chi connectivity index (χ2v) is 14.6. The molecule has 5 atom stereocenters. The highest BCUT2D eigenvalue weighted by Gasteiger charge is 2.49. The van der Waals surface area contributed by atoms with Crippen LogP contribution in [0.5, 0.6) is 6.01 Å². The third kappa shape index (κ3) is 4.75. The molecular weight excluding hydrogens is 642 g/mol. The van der Waals surface area contributed by atoms with Crippen LogP contribution in [0, 0.1) is 11.7 Å². The van der Waals surface area contributed by atoms with Crippen LogP contribution in [-0.4, -0.2) is 109 Å². The lowest BCUT2D eigenvalue weighted by Crippen LogP contribution is -2.52. The summed E-state index contributed by atoms with van der Waals surface area (Å²) >= 11 is 6.83. The van der Waals surface area contributed by atoms with E-state index in [4.69, 9.17) is 26.3 Å². The number of aliphatic hydroxyl groups excluding tert-OH is 1. The third-order valence-electron chi connectivity index (χ3n) is 11.5. The van der Waals surface area contributed by atoms with Crippen molar-refractivity contribution in [3.8, 4) is 17.3 Å². The zero-order valence-corrected chi connectivity index (χ0v) is 27.2. The first kappa shape index (κ1) is 30.4. The average molecular weight is 679 g/mol. The van der Waals surface area contributed by atoms with Gasteiger partial charge in [-0.15, -0.1) is 0 Å². The first-order chi connectivity index (χ1) is 23.3. The molecule has 14 heteroatoms.